The number of hydrogen-bond acceptors (Lipinski definition) is 3. The van der Waals surface area contributed by atoms with Crippen LogP contribution in [0, 0.1) is 0 Å². The number of rotatable bonds is 5. The molecule has 0 aromatic heterocycles. The molecule has 0 aliphatic carbocycles. The number of carboxylic acid groups (broad SMARTS) is 1. The molecule has 1 aromatic rings. The molecule has 0 saturated carbocycles. The molecule has 21 heavy (non-hydrogen) atoms. The number of carbonyl (C=O) groups is 1. The van der Waals surface area contributed by atoms with Crippen molar-refractivity contribution in [2.24, 2.45) is 0 Å². The average Bonchev–Trinajstić information content (AvgIpc) is 2.46. The molecule has 1 saturated heterocycles. The fourth-order valence-corrected chi connectivity index (χ4v) is 3.01. The number of alkyl halides is 1. The number of likely N-dealkylation sites (tertiary alicyclic amines) is 1. The van der Waals surface area contributed by atoms with Crippen molar-refractivity contribution in [3.63, 3.8) is 0 Å². The van der Waals surface area contributed by atoms with Gasteiger partial charge in [0.15, 0.2) is 0 Å². The van der Waals surface area contributed by atoms with E-state index in [4.69, 9.17) is 11.6 Å². The number of aliphatic hydroxyl groups is 1. The minimum atomic E-state index is -1.02. The predicted octanol–water partition coefficient (Wildman–Crippen LogP) is 1.84. The Labute approximate surface area is 129 Å². The lowest BCUT2D eigenvalue weighted by Crippen LogP contribution is -2.55. The first kappa shape index (κ1) is 16.1. The van der Waals surface area contributed by atoms with E-state index in [0.29, 0.717) is 13.0 Å². The molecule has 1 amide bonds. The lowest BCUT2D eigenvalue weighted by molar-refractivity contribution is -0.00805. The second-order valence-electron chi connectivity index (χ2n) is 5.31. The molecule has 1 fully saturated rings. The third-order valence-corrected chi connectivity index (χ3v) is 4.02. The van der Waals surface area contributed by atoms with Crippen LogP contribution in [0.2, 0.25) is 0 Å². The molecule has 0 bridgehead atoms. The van der Waals surface area contributed by atoms with Crippen molar-refractivity contribution in [3.8, 4) is 0 Å². The van der Waals surface area contributed by atoms with Gasteiger partial charge in [0.1, 0.15) is 0 Å². The highest BCUT2D eigenvalue weighted by atomic mass is 35.5. The van der Waals surface area contributed by atoms with E-state index in [9.17, 15) is 15.0 Å². The minimum Gasteiger partial charge on any atom is -0.465 e. The third kappa shape index (κ3) is 4.33. The summed E-state index contributed by atoms with van der Waals surface area (Å²) in [5, 5.41) is 19.5. The molecule has 5 nitrogen and oxygen atoms in total. The van der Waals surface area contributed by atoms with E-state index < -0.39 is 12.2 Å². The summed E-state index contributed by atoms with van der Waals surface area (Å²) in [4.78, 5) is 14.7. The van der Waals surface area contributed by atoms with Gasteiger partial charge in [0.2, 0.25) is 0 Å². The summed E-state index contributed by atoms with van der Waals surface area (Å²) >= 11 is 5.65. The Bertz CT molecular complexity index is 457. The maximum atomic E-state index is 11.2. The lowest BCUT2D eigenvalue weighted by Gasteiger charge is -2.40. The summed E-state index contributed by atoms with van der Waals surface area (Å²) < 4.78 is 0. The first-order valence-corrected chi connectivity index (χ1v) is 7.65. The zero-order valence-corrected chi connectivity index (χ0v) is 12.6. The Morgan fingerprint density at radius 1 is 1.38 bits per heavy atom. The van der Waals surface area contributed by atoms with Crippen LogP contribution in [0.5, 0.6) is 0 Å². The summed E-state index contributed by atoms with van der Waals surface area (Å²) in [5.74, 6) is 0.239. The first-order chi connectivity index (χ1) is 10.1. The van der Waals surface area contributed by atoms with Gasteiger partial charge in [-0.3, -0.25) is 4.90 Å². The Morgan fingerprint density at radius 3 is 2.67 bits per heavy atom. The lowest BCUT2D eigenvalue weighted by atomic mass is 9.99. The van der Waals surface area contributed by atoms with Crippen LogP contribution in [0.25, 0.3) is 0 Å². The van der Waals surface area contributed by atoms with Gasteiger partial charge in [0.25, 0.3) is 0 Å². The van der Waals surface area contributed by atoms with Gasteiger partial charge in [-0.05, 0) is 12.0 Å². The van der Waals surface area contributed by atoms with Crippen molar-refractivity contribution in [3.05, 3.63) is 35.9 Å². The van der Waals surface area contributed by atoms with Crippen LogP contribution < -0.4 is 0 Å². The van der Waals surface area contributed by atoms with Crippen molar-refractivity contribution in [2.75, 3.05) is 25.5 Å². The summed E-state index contributed by atoms with van der Waals surface area (Å²) in [6, 6.07) is 9.69. The van der Waals surface area contributed by atoms with Crippen LogP contribution in [0.4, 0.5) is 4.79 Å². The first-order valence-electron chi connectivity index (χ1n) is 7.11. The average molecular weight is 313 g/mol. The van der Waals surface area contributed by atoms with Gasteiger partial charge in [-0.1, -0.05) is 30.3 Å². The molecule has 1 heterocycles. The maximum absolute atomic E-state index is 11.2. The smallest absolute Gasteiger partial charge is 0.407 e. The SMILES string of the molecule is O=C(O)N(CCCl)[C@@H]1CCN(Cc2ccccc2)C[C@@H]1O. The normalized spacial score (nSPS) is 23.0. The summed E-state index contributed by atoms with van der Waals surface area (Å²) in [6.45, 7) is 2.26. The van der Waals surface area contributed by atoms with Crippen molar-refractivity contribution in [1.82, 2.24) is 9.80 Å². The number of piperidine rings is 1. The van der Waals surface area contributed by atoms with Crippen molar-refractivity contribution < 1.29 is 15.0 Å². The van der Waals surface area contributed by atoms with Gasteiger partial charge in [-0.15, -0.1) is 11.6 Å². The topological polar surface area (TPSA) is 64.0 Å². The predicted molar refractivity (Wildman–Crippen MR) is 81.6 cm³/mol. The van der Waals surface area contributed by atoms with Gasteiger partial charge in [0, 0.05) is 32.1 Å². The highest BCUT2D eigenvalue weighted by Crippen LogP contribution is 2.19. The number of halogens is 1. The van der Waals surface area contributed by atoms with Crippen LogP contribution >= 0.6 is 11.6 Å². The number of aliphatic hydroxyl groups excluding tert-OH is 1. The van der Waals surface area contributed by atoms with Crippen LogP contribution in [-0.2, 0) is 6.54 Å². The second kappa shape index (κ2) is 7.64. The van der Waals surface area contributed by atoms with E-state index in [-0.39, 0.29) is 18.5 Å². The number of β-amino-alcohol motifs (C(OH)–C–C–N with tert-alkyl or cyclic N) is 1. The second-order valence-corrected chi connectivity index (χ2v) is 5.69. The molecule has 1 aliphatic rings. The van der Waals surface area contributed by atoms with E-state index in [2.05, 4.69) is 17.0 Å². The number of amides is 1. The molecule has 2 rings (SSSR count). The molecule has 1 aliphatic heterocycles. The zero-order valence-electron chi connectivity index (χ0n) is 11.9. The highest BCUT2D eigenvalue weighted by Gasteiger charge is 2.34. The molecule has 0 spiro atoms. The van der Waals surface area contributed by atoms with Crippen molar-refractivity contribution in [2.45, 2.75) is 25.1 Å². The standard InChI is InChI=1S/C15H21ClN2O3/c16-7-9-18(15(20)21)13-6-8-17(11-14(13)19)10-12-4-2-1-3-5-12/h1-5,13-14,19H,6-11H2,(H,20,21)/t13-,14+/m1/s1. The molecule has 1 aromatic carbocycles. The maximum Gasteiger partial charge on any atom is 0.407 e. The van der Waals surface area contributed by atoms with E-state index >= 15 is 0 Å². The molecule has 116 valence electrons. The van der Waals surface area contributed by atoms with Crippen LogP contribution in [0.1, 0.15) is 12.0 Å². The Kier molecular flexibility index (Phi) is 5.85. The van der Waals surface area contributed by atoms with Gasteiger partial charge >= 0.3 is 6.09 Å². The van der Waals surface area contributed by atoms with Crippen LogP contribution in [0.3, 0.4) is 0 Å². The quantitative estimate of drug-likeness (QED) is 0.814. The Balaban J connectivity index is 1.93. The third-order valence-electron chi connectivity index (χ3n) is 3.85. The van der Waals surface area contributed by atoms with Crippen molar-refractivity contribution in [1.29, 1.82) is 0 Å². The number of hydrogen-bond donors (Lipinski definition) is 2. The van der Waals surface area contributed by atoms with Crippen LogP contribution in [0.15, 0.2) is 30.3 Å². The summed E-state index contributed by atoms with van der Waals surface area (Å²) in [5.41, 5.74) is 1.19. The monoisotopic (exact) mass is 312 g/mol. The molecule has 6 heteroatoms. The van der Waals surface area contributed by atoms with E-state index in [1.54, 1.807) is 0 Å². The van der Waals surface area contributed by atoms with E-state index in [1.807, 2.05) is 18.2 Å². The number of nitrogens with zero attached hydrogens (tertiary/aromatic N) is 2. The van der Waals surface area contributed by atoms with Gasteiger partial charge in [-0.25, -0.2) is 4.79 Å². The van der Waals surface area contributed by atoms with Gasteiger partial charge in [0.05, 0.1) is 12.1 Å². The largest absolute Gasteiger partial charge is 0.465 e. The molecule has 0 radical (unpaired) electrons. The Hall–Kier alpha value is -1.30. The minimum absolute atomic E-state index is 0.239. The molecular weight excluding hydrogens is 292 g/mol. The fourth-order valence-electron chi connectivity index (χ4n) is 2.83. The molecule has 0 unspecified atom stereocenters. The van der Waals surface area contributed by atoms with Crippen LogP contribution in [-0.4, -0.2) is 63.8 Å². The molecule has 2 atom stereocenters. The Morgan fingerprint density at radius 2 is 2.10 bits per heavy atom. The summed E-state index contributed by atoms with van der Waals surface area (Å²) in [6.07, 6.45) is -1.07. The number of benzene rings is 1. The fraction of sp³-hybridized carbons (Fsp3) is 0.533. The molecular formula is C15H21ClN2O3. The van der Waals surface area contributed by atoms with E-state index in [0.717, 1.165) is 13.1 Å². The van der Waals surface area contributed by atoms with E-state index in [1.165, 1.54) is 10.5 Å². The zero-order chi connectivity index (χ0) is 15.2. The van der Waals surface area contributed by atoms with Gasteiger partial charge in [-0.2, -0.15) is 0 Å². The summed E-state index contributed by atoms with van der Waals surface area (Å²) in [7, 11) is 0. The van der Waals surface area contributed by atoms with Crippen molar-refractivity contribution >= 4 is 17.7 Å². The highest BCUT2D eigenvalue weighted by molar-refractivity contribution is 6.18. The molecule has 2 N–H and O–H groups in total. The van der Waals surface area contributed by atoms with Gasteiger partial charge < -0.3 is 15.1 Å².